The summed E-state index contributed by atoms with van der Waals surface area (Å²) >= 11 is 5.94. The van der Waals surface area contributed by atoms with Gasteiger partial charge < -0.3 is 10.6 Å². The molecule has 3 heteroatoms. The van der Waals surface area contributed by atoms with Crippen molar-refractivity contribution >= 4 is 23.0 Å². The molecule has 1 aromatic carbocycles. The van der Waals surface area contributed by atoms with E-state index in [2.05, 4.69) is 24.5 Å². The highest BCUT2D eigenvalue weighted by atomic mass is 35.5. The Balaban J connectivity index is 2.16. The number of hydrogen-bond acceptors (Lipinski definition) is 2. The van der Waals surface area contributed by atoms with Gasteiger partial charge in [0.2, 0.25) is 0 Å². The van der Waals surface area contributed by atoms with Gasteiger partial charge in [-0.2, -0.15) is 0 Å². The number of benzene rings is 1. The summed E-state index contributed by atoms with van der Waals surface area (Å²) < 4.78 is 0. The van der Waals surface area contributed by atoms with Gasteiger partial charge in [-0.15, -0.1) is 0 Å². The summed E-state index contributed by atoms with van der Waals surface area (Å²) in [6.45, 7) is 5.48. The summed E-state index contributed by atoms with van der Waals surface area (Å²) in [6.07, 6.45) is 1.20. The lowest BCUT2D eigenvalue weighted by Crippen LogP contribution is -2.37. The van der Waals surface area contributed by atoms with Crippen LogP contribution < -0.4 is 10.6 Å². The fraction of sp³-hybridized carbons (Fsp3) is 0.500. The maximum Gasteiger partial charge on any atom is 0.0591 e. The summed E-state index contributed by atoms with van der Waals surface area (Å²) in [5.74, 6) is 0.682. The zero-order chi connectivity index (χ0) is 10.8. The van der Waals surface area contributed by atoms with Crippen LogP contribution >= 0.6 is 11.6 Å². The van der Waals surface area contributed by atoms with E-state index in [1.165, 1.54) is 6.42 Å². The minimum atomic E-state index is 0.517. The molecule has 2 N–H and O–H groups in total. The molecule has 0 fully saturated rings. The van der Waals surface area contributed by atoms with E-state index in [1.54, 1.807) is 0 Å². The van der Waals surface area contributed by atoms with E-state index in [9.17, 15) is 0 Å². The standard InChI is InChI=1S/C12H17ClN2/c1-3-8(2)12-7-14-11-6-9(13)4-5-10(11)15-12/h4-6,8,12,14-15H,3,7H2,1-2H3. The molecule has 2 rings (SSSR count). The highest BCUT2D eigenvalue weighted by Crippen LogP contribution is 2.30. The predicted octanol–water partition coefficient (Wildman–Crippen LogP) is 3.59. The molecule has 2 atom stereocenters. The van der Waals surface area contributed by atoms with Crippen molar-refractivity contribution in [3.8, 4) is 0 Å². The van der Waals surface area contributed by atoms with Crippen LogP contribution in [0.3, 0.4) is 0 Å². The molecule has 82 valence electrons. The molecule has 1 aliphatic rings. The number of anilines is 2. The topological polar surface area (TPSA) is 24.1 Å². The molecule has 0 aliphatic carbocycles. The second-order valence-corrected chi connectivity index (χ2v) is 4.64. The normalized spacial score (nSPS) is 21.1. The predicted molar refractivity (Wildman–Crippen MR) is 66.8 cm³/mol. The first kappa shape index (κ1) is 10.6. The largest absolute Gasteiger partial charge is 0.381 e. The lowest BCUT2D eigenvalue weighted by atomic mass is 9.97. The van der Waals surface area contributed by atoms with Gasteiger partial charge in [-0.1, -0.05) is 31.9 Å². The molecule has 0 radical (unpaired) electrons. The molecule has 0 bridgehead atoms. The fourth-order valence-electron chi connectivity index (χ4n) is 1.89. The molecular weight excluding hydrogens is 208 g/mol. The Morgan fingerprint density at radius 1 is 1.47 bits per heavy atom. The molecule has 2 nitrogen and oxygen atoms in total. The first-order chi connectivity index (χ1) is 7.20. The molecule has 0 spiro atoms. The Bertz CT molecular complexity index is 351. The maximum atomic E-state index is 5.94. The van der Waals surface area contributed by atoms with Gasteiger partial charge in [0.25, 0.3) is 0 Å². The fourth-order valence-corrected chi connectivity index (χ4v) is 2.06. The number of halogens is 1. The average Bonchev–Trinajstić information content (AvgIpc) is 2.27. The van der Waals surface area contributed by atoms with Crippen LogP contribution in [0.4, 0.5) is 11.4 Å². The van der Waals surface area contributed by atoms with Crippen molar-refractivity contribution in [1.29, 1.82) is 0 Å². The van der Waals surface area contributed by atoms with Crippen LogP contribution in [0.1, 0.15) is 20.3 Å². The van der Waals surface area contributed by atoms with Crippen molar-refractivity contribution in [2.45, 2.75) is 26.3 Å². The van der Waals surface area contributed by atoms with E-state index < -0.39 is 0 Å². The van der Waals surface area contributed by atoms with Crippen LogP contribution in [0.15, 0.2) is 18.2 Å². The first-order valence-electron chi connectivity index (χ1n) is 5.50. The Hall–Kier alpha value is -0.890. The third-order valence-corrected chi connectivity index (χ3v) is 3.40. The second-order valence-electron chi connectivity index (χ2n) is 4.21. The zero-order valence-electron chi connectivity index (χ0n) is 9.18. The third-order valence-electron chi connectivity index (χ3n) is 3.17. The molecular formula is C12H17ClN2. The number of fused-ring (bicyclic) bond motifs is 1. The monoisotopic (exact) mass is 224 g/mol. The summed E-state index contributed by atoms with van der Waals surface area (Å²) in [4.78, 5) is 0. The smallest absolute Gasteiger partial charge is 0.0591 e. The van der Waals surface area contributed by atoms with Gasteiger partial charge in [-0.3, -0.25) is 0 Å². The number of nitrogens with one attached hydrogen (secondary N) is 2. The Kier molecular flexibility index (Phi) is 3.06. The third kappa shape index (κ3) is 2.20. The van der Waals surface area contributed by atoms with Crippen LogP contribution in [0.5, 0.6) is 0 Å². The molecule has 2 unspecified atom stereocenters. The highest BCUT2D eigenvalue weighted by molar-refractivity contribution is 6.31. The minimum Gasteiger partial charge on any atom is -0.381 e. The second kappa shape index (κ2) is 4.31. The van der Waals surface area contributed by atoms with E-state index in [-0.39, 0.29) is 0 Å². The van der Waals surface area contributed by atoms with Crippen LogP contribution in [-0.4, -0.2) is 12.6 Å². The van der Waals surface area contributed by atoms with Gasteiger partial charge in [0.1, 0.15) is 0 Å². The average molecular weight is 225 g/mol. The van der Waals surface area contributed by atoms with Gasteiger partial charge in [0.05, 0.1) is 11.4 Å². The van der Waals surface area contributed by atoms with Gasteiger partial charge >= 0.3 is 0 Å². The molecule has 1 aromatic rings. The van der Waals surface area contributed by atoms with Crippen molar-refractivity contribution in [1.82, 2.24) is 0 Å². The highest BCUT2D eigenvalue weighted by Gasteiger charge is 2.21. The lowest BCUT2D eigenvalue weighted by molar-refractivity contribution is 0.478. The van der Waals surface area contributed by atoms with Crippen molar-refractivity contribution in [2.75, 3.05) is 17.2 Å². The van der Waals surface area contributed by atoms with Crippen molar-refractivity contribution in [3.05, 3.63) is 23.2 Å². The summed E-state index contributed by atoms with van der Waals surface area (Å²) in [6, 6.07) is 6.45. The maximum absolute atomic E-state index is 5.94. The van der Waals surface area contributed by atoms with Crippen molar-refractivity contribution in [2.24, 2.45) is 5.92 Å². The van der Waals surface area contributed by atoms with E-state index in [0.29, 0.717) is 12.0 Å². The number of hydrogen-bond donors (Lipinski definition) is 2. The Morgan fingerprint density at radius 2 is 2.27 bits per heavy atom. The summed E-state index contributed by atoms with van der Waals surface area (Å²) in [7, 11) is 0. The molecule has 15 heavy (non-hydrogen) atoms. The molecule has 1 heterocycles. The quantitative estimate of drug-likeness (QED) is 0.802. The van der Waals surface area contributed by atoms with Gasteiger partial charge in [0, 0.05) is 17.6 Å². The zero-order valence-corrected chi connectivity index (χ0v) is 9.93. The molecule has 0 amide bonds. The van der Waals surface area contributed by atoms with E-state index >= 15 is 0 Å². The molecule has 0 saturated heterocycles. The van der Waals surface area contributed by atoms with E-state index in [1.807, 2.05) is 18.2 Å². The van der Waals surface area contributed by atoms with Gasteiger partial charge in [-0.25, -0.2) is 0 Å². The van der Waals surface area contributed by atoms with Crippen LogP contribution in [0.25, 0.3) is 0 Å². The van der Waals surface area contributed by atoms with Crippen LogP contribution in [0, 0.1) is 5.92 Å². The molecule has 1 aliphatic heterocycles. The van der Waals surface area contributed by atoms with E-state index in [4.69, 9.17) is 11.6 Å². The van der Waals surface area contributed by atoms with Crippen LogP contribution in [0.2, 0.25) is 5.02 Å². The minimum absolute atomic E-state index is 0.517. The summed E-state index contributed by atoms with van der Waals surface area (Å²) in [5.41, 5.74) is 2.28. The van der Waals surface area contributed by atoms with E-state index in [0.717, 1.165) is 22.9 Å². The SMILES string of the molecule is CCC(C)C1CNc2cc(Cl)ccc2N1. The number of rotatable bonds is 2. The first-order valence-corrected chi connectivity index (χ1v) is 5.88. The van der Waals surface area contributed by atoms with Gasteiger partial charge in [0.15, 0.2) is 0 Å². The summed E-state index contributed by atoms with van der Waals surface area (Å²) in [5, 5.41) is 7.76. The molecule has 0 aromatic heterocycles. The lowest BCUT2D eigenvalue weighted by Gasteiger charge is -2.32. The van der Waals surface area contributed by atoms with Gasteiger partial charge in [-0.05, 0) is 24.1 Å². The Morgan fingerprint density at radius 3 is 3.00 bits per heavy atom. The van der Waals surface area contributed by atoms with Crippen molar-refractivity contribution < 1.29 is 0 Å². The van der Waals surface area contributed by atoms with Crippen LogP contribution in [-0.2, 0) is 0 Å². The van der Waals surface area contributed by atoms with Crippen molar-refractivity contribution in [3.63, 3.8) is 0 Å². The Labute approximate surface area is 96.0 Å². The molecule has 0 saturated carbocycles.